The monoisotopic (exact) mass is 526 g/mol. The number of aromatic nitrogens is 3. The third kappa shape index (κ3) is 5.83. The molecule has 1 amide bonds. The van der Waals surface area contributed by atoms with Crippen molar-refractivity contribution >= 4 is 52.2 Å². The van der Waals surface area contributed by atoms with E-state index < -0.39 is 6.67 Å². The third-order valence-corrected chi connectivity index (χ3v) is 6.53. The van der Waals surface area contributed by atoms with E-state index in [4.69, 9.17) is 16.3 Å². The summed E-state index contributed by atoms with van der Waals surface area (Å²) in [5.41, 5.74) is 1.97. The highest BCUT2D eigenvalue weighted by atomic mass is 35.5. The molecule has 0 atom stereocenters. The summed E-state index contributed by atoms with van der Waals surface area (Å²) in [6.45, 7) is 3.63. The van der Waals surface area contributed by atoms with Crippen LogP contribution in [0.25, 0.3) is 0 Å². The van der Waals surface area contributed by atoms with E-state index >= 15 is 0 Å². The molecule has 2 aliphatic rings. The van der Waals surface area contributed by atoms with Crippen LogP contribution in [-0.4, -0.2) is 78.8 Å². The maximum Gasteiger partial charge on any atom is 0.265 e. The quantitative estimate of drug-likeness (QED) is 0.453. The fraction of sp³-hybridized carbons (Fsp3) is 0.360. The first-order chi connectivity index (χ1) is 18.0. The van der Waals surface area contributed by atoms with Crippen molar-refractivity contribution in [3.05, 3.63) is 47.7 Å². The van der Waals surface area contributed by atoms with Crippen LogP contribution in [0.1, 0.15) is 6.42 Å². The smallest absolute Gasteiger partial charge is 0.265 e. The number of fused-ring (bicyclic) bond motifs is 1. The van der Waals surface area contributed by atoms with Crippen molar-refractivity contribution in [2.45, 2.75) is 6.42 Å². The summed E-state index contributed by atoms with van der Waals surface area (Å²) in [5, 5.41) is 6.67. The fourth-order valence-corrected chi connectivity index (χ4v) is 4.34. The fourth-order valence-electron chi connectivity index (χ4n) is 4.21. The first kappa shape index (κ1) is 25.0. The molecule has 12 heteroatoms. The standard InChI is InChI=1S/C25H28ClFN8O2/c1-33-9-11-34(12-10-33)22-6-4-18(14-28-22)31-25-29-15-19(26)24(32-25)30-17-3-5-21-20(13-17)35(8-2-7-27)23(36)16-37-21/h3-6,13-15H,2,7-12,16H2,1H3,(H2,29,30,31,32). The molecule has 4 heterocycles. The lowest BCUT2D eigenvalue weighted by Crippen LogP contribution is -2.44. The Morgan fingerprint density at radius 2 is 1.86 bits per heavy atom. The number of pyridine rings is 1. The highest BCUT2D eigenvalue weighted by Gasteiger charge is 2.25. The molecule has 2 aliphatic heterocycles. The number of benzene rings is 1. The number of carbonyl (C=O) groups is 1. The van der Waals surface area contributed by atoms with E-state index in [1.807, 2.05) is 12.1 Å². The molecule has 0 saturated carbocycles. The van der Waals surface area contributed by atoms with Gasteiger partial charge in [-0.1, -0.05) is 11.6 Å². The summed E-state index contributed by atoms with van der Waals surface area (Å²) in [6, 6.07) is 9.24. The Kier molecular flexibility index (Phi) is 7.52. The van der Waals surface area contributed by atoms with Gasteiger partial charge < -0.3 is 30.1 Å². The van der Waals surface area contributed by atoms with Gasteiger partial charge in [-0.15, -0.1) is 0 Å². The molecule has 0 radical (unpaired) electrons. The van der Waals surface area contributed by atoms with Gasteiger partial charge in [-0.25, -0.2) is 9.97 Å². The third-order valence-electron chi connectivity index (χ3n) is 6.26. The SMILES string of the molecule is CN1CCN(c2ccc(Nc3ncc(Cl)c(Nc4ccc5c(c4)N(CCCF)C(=O)CO5)n3)cn2)CC1. The van der Waals surface area contributed by atoms with Gasteiger partial charge in [0, 0.05) is 38.4 Å². The number of alkyl halides is 1. The zero-order valence-electron chi connectivity index (χ0n) is 20.5. The molecule has 1 saturated heterocycles. The van der Waals surface area contributed by atoms with Crippen molar-refractivity contribution < 1.29 is 13.9 Å². The molecule has 1 aromatic carbocycles. The normalized spacial score (nSPS) is 15.8. The number of nitrogens with zero attached hydrogens (tertiary/aromatic N) is 6. The van der Waals surface area contributed by atoms with Crippen molar-refractivity contribution in [2.75, 3.05) is 73.5 Å². The van der Waals surface area contributed by atoms with E-state index in [0.717, 1.165) is 37.7 Å². The minimum absolute atomic E-state index is 0.0654. The number of likely N-dealkylation sites (N-methyl/N-ethyl adjacent to an activating group) is 1. The average molecular weight is 527 g/mol. The summed E-state index contributed by atoms with van der Waals surface area (Å²) in [6.07, 6.45) is 3.51. The van der Waals surface area contributed by atoms with Crippen LogP contribution in [0.5, 0.6) is 5.75 Å². The summed E-state index contributed by atoms with van der Waals surface area (Å²) in [4.78, 5) is 31.8. The molecular weight excluding hydrogens is 499 g/mol. The van der Waals surface area contributed by atoms with Gasteiger partial charge in [0.05, 0.1) is 30.4 Å². The van der Waals surface area contributed by atoms with Crippen molar-refractivity contribution in [3.8, 4) is 5.75 Å². The Morgan fingerprint density at radius 3 is 2.62 bits per heavy atom. The van der Waals surface area contributed by atoms with Crippen LogP contribution in [0.4, 0.5) is 39.0 Å². The molecule has 0 spiro atoms. The van der Waals surface area contributed by atoms with Crippen molar-refractivity contribution in [1.29, 1.82) is 0 Å². The molecule has 37 heavy (non-hydrogen) atoms. The molecule has 2 N–H and O–H groups in total. The predicted octanol–water partition coefficient (Wildman–Crippen LogP) is 3.85. The van der Waals surface area contributed by atoms with Gasteiger partial charge >= 0.3 is 0 Å². The number of nitrogens with one attached hydrogen (secondary N) is 2. The Hall–Kier alpha value is -3.70. The molecule has 2 aromatic heterocycles. The first-order valence-corrected chi connectivity index (χ1v) is 12.5. The van der Waals surface area contributed by atoms with Gasteiger partial charge in [-0.3, -0.25) is 9.18 Å². The van der Waals surface area contributed by atoms with Gasteiger partial charge in [0.1, 0.15) is 16.6 Å². The Balaban J connectivity index is 1.29. The maximum absolute atomic E-state index is 12.8. The number of piperazine rings is 1. The lowest BCUT2D eigenvalue weighted by Gasteiger charge is -2.33. The van der Waals surface area contributed by atoms with Crippen LogP contribution in [-0.2, 0) is 4.79 Å². The van der Waals surface area contributed by atoms with Gasteiger partial charge in [0.25, 0.3) is 5.91 Å². The number of anilines is 6. The van der Waals surface area contributed by atoms with Crippen molar-refractivity contribution in [2.24, 2.45) is 0 Å². The van der Waals surface area contributed by atoms with E-state index in [2.05, 4.69) is 42.4 Å². The van der Waals surface area contributed by atoms with Crippen LogP contribution in [0.15, 0.2) is 42.7 Å². The highest BCUT2D eigenvalue weighted by molar-refractivity contribution is 6.32. The average Bonchev–Trinajstić information content (AvgIpc) is 2.91. The van der Waals surface area contributed by atoms with Gasteiger partial charge in [-0.2, -0.15) is 4.98 Å². The highest BCUT2D eigenvalue weighted by Crippen LogP contribution is 2.36. The van der Waals surface area contributed by atoms with Gasteiger partial charge in [0.15, 0.2) is 12.4 Å². The number of hydrogen-bond acceptors (Lipinski definition) is 9. The topological polar surface area (TPSA) is 98.8 Å². The number of hydrogen-bond donors (Lipinski definition) is 2. The maximum atomic E-state index is 12.8. The molecule has 5 rings (SSSR count). The number of rotatable bonds is 8. The Bertz CT molecular complexity index is 1250. The number of amides is 1. The van der Waals surface area contributed by atoms with Gasteiger partial charge in [0.2, 0.25) is 5.95 Å². The Labute approximate surface area is 219 Å². The second-order valence-corrected chi connectivity index (χ2v) is 9.30. The molecule has 194 valence electrons. The van der Waals surface area contributed by atoms with E-state index in [0.29, 0.717) is 33.9 Å². The molecule has 0 bridgehead atoms. The summed E-state index contributed by atoms with van der Waals surface area (Å²) in [5.74, 6) is 2.03. The number of halogens is 2. The molecule has 3 aromatic rings. The van der Waals surface area contributed by atoms with E-state index in [-0.39, 0.29) is 25.5 Å². The summed E-state index contributed by atoms with van der Waals surface area (Å²) < 4.78 is 18.3. The minimum atomic E-state index is -0.502. The van der Waals surface area contributed by atoms with Crippen LogP contribution in [0.2, 0.25) is 5.02 Å². The van der Waals surface area contributed by atoms with Gasteiger partial charge in [-0.05, 0) is 43.8 Å². The van der Waals surface area contributed by atoms with Crippen LogP contribution >= 0.6 is 11.6 Å². The minimum Gasteiger partial charge on any atom is -0.482 e. The second kappa shape index (κ2) is 11.1. The van der Waals surface area contributed by atoms with Crippen molar-refractivity contribution in [3.63, 3.8) is 0 Å². The first-order valence-electron chi connectivity index (χ1n) is 12.1. The predicted molar refractivity (Wildman–Crippen MR) is 142 cm³/mol. The van der Waals surface area contributed by atoms with E-state index in [1.165, 1.54) is 11.1 Å². The molecule has 0 unspecified atom stereocenters. The molecule has 10 nitrogen and oxygen atoms in total. The number of ether oxygens (including phenoxy) is 1. The van der Waals surface area contributed by atoms with Crippen LogP contribution in [0.3, 0.4) is 0 Å². The van der Waals surface area contributed by atoms with Crippen molar-refractivity contribution in [1.82, 2.24) is 19.9 Å². The molecular formula is C25H28ClFN8O2. The zero-order chi connectivity index (χ0) is 25.8. The Morgan fingerprint density at radius 1 is 1.05 bits per heavy atom. The zero-order valence-corrected chi connectivity index (χ0v) is 21.2. The molecule has 0 aliphatic carbocycles. The van der Waals surface area contributed by atoms with Crippen LogP contribution in [0, 0.1) is 0 Å². The largest absolute Gasteiger partial charge is 0.482 e. The second-order valence-electron chi connectivity index (χ2n) is 8.89. The molecule has 1 fully saturated rings. The van der Waals surface area contributed by atoms with E-state index in [1.54, 1.807) is 24.4 Å². The summed E-state index contributed by atoms with van der Waals surface area (Å²) >= 11 is 6.36. The lowest BCUT2D eigenvalue weighted by molar-refractivity contribution is -0.121. The van der Waals surface area contributed by atoms with Crippen LogP contribution < -0.4 is 25.2 Å². The summed E-state index contributed by atoms with van der Waals surface area (Å²) in [7, 11) is 2.12. The lowest BCUT2D eigenvalue weighted by atomic mass is 10.2. The van der Waals surface area contributed by atoms with E-state index in [9.17, 15) is 9.18 Å². The number of carbonyl (C=O) groups excluding carboxylic acids is 1.